The van der Waals surface area contributed by atoms with Gasteiger partial charge >= 0.3 is 6.09 Å². The van der Waals surface area contributed by atoms with Gasteiger partial charge in [0.15, 0.2) is 0 Å². The molecule has 1 aromatic carbocycles. The van der Waals surface area contributed by atoms with Crippen molar-refractivity contribution in [2.45, 2.75) is 78.2 Å². The third kappa shape index (κ3) is 4.94. The van der Waals surface area contributed by atoms with Gasteiger partial charge in [-0.25, -0.2) is 4.79 Å². The lowest BCUT2D eigenvalue weighted by atomic mass is 9.93. The van der Waals surface area contributed by atoms with Crippen molar-refractivity contribution in [1.29, 1.82) is 0 Å². The lowest BCUT2D eigenvalue weighted by molar-refractivity contribution is 0.0258. The monoisotopic (exact) mass is 406 g/mol. The van der Waals surface area contributed by atoms with E-state index in [-0.39, 0.29) is 6.09 Å². The standard InChI is InChI=1S/C23H35ClN2O2/c1-5-6-7-12-25-13-8-9-18-16-17-10-14-26(22(27)28-23(2,3)4)15-11-19(17)20(24)21(18)25/h16H,5-15H2,1-4H3. The summed E-state index contributed by atoms with van der Waals surface area (Å²) in [5, 5.41) is 0.926. The first-order valence-corrected chi connectivity index (χ1v) is 11.2. The van der Waals surface area contributed by atoms with Gasteiger partial charge in [0.05, 0.1) is 10.7 Å². The van der Waals surface area contributed by atoms with E-state index in [1.165, 1.54) is 48.1 Å². The minimum atomic E-state index is -0.466. The summed E-state index contributed by atoms with van der Waals surface area (Å²) >= 11 is 6.98. The summed E-state index contributed by atoms with van der Waals surface area (Å²) in [6.07, 6.45) is 7.43. The molecule has 2 aliphatic heterocycles. The highest BCUT2D eigenvalue weighted by molar-refractivity contribution is 6.34. The molecule has 2 heterocycles. The third-order valence-electron chi connectivity index (χ3n) is 5.67. The lowest BCUT2D eigenvalue weighted by Gasteiger charge is -2.33. The van der Waals surface area contributed by atoms with Crippen molar-refractivity contribution in [2.75, 3.05) is 31.1 Å². The quantitative estimate of drug-likeness (QED) is 0.608. The van der Waals surface area contributed by atoms with Crippen LogP contribution in [0.5, 0.6) is 0 Å². The maximum Gasteiger partial charge on any atom is 0.410 e. The van der Waals surface area contributed by atoms with Crippen LogP contribution in [-0.4, -0.2) is 42.8 Å². The number of nitrogens with zero attached hydrogens (tertiary/aromatic N) is 2. The van der Waals surface area contributed by atoms with Crippen molar-refractivity contribution in [2.24, 2.45) is 0 Å². The second-order valence-corrected chi connectivity index (χ2v) is 9.48. The first-order valence-electron chi connectivity index (χ1n) is 10.9. The molecular formula is C23H35ClN2O2. The Labute approximate surface area is 175 Å². The van der Waals surface area contributed by atoms with Crippen LogP contribution in [0.1, 0.15) is 70.1 Å². The average molecular weight is 407 g/mol. The molecule has 0 fully saturated rings. The molecule has 1 aromatic rings. The second-order valence-electron chi connectivity index (χ2n) is 9.10. The summed E-state index contributed by atoms with van der Waals surface area (Å²) in [6.45, 7) is 11.5. The molecule has 1 amide bonds. The molecule has 0 radical (unpaired) electrons. The Bertz CT molecular complexity index is 712. The van der Waals surface area contributed by atoms with Crippen molar-refractivity contribution < 1.29 is 9.53 Å². The van der Waals surface area contributed by atoms with Crippen molar-refractivity contribution in [3.8, 4) is 0 Å². The zero-order valence-electron chi connectivity index (χ0n) is 17.9. The Kier molecular flexibility index (Phi) is 6.80. The highest BCUT2D eigenvalue weighted by atomic mass is 35.5. The smallest absolute Gasteiger partial charge is 0.410 e. The molecule has 0 spiro atoms. The highest BCUT2D eigenvalue weighted by Gasteiger charge is 2.28. The molecule has 0 bridgehead atoms. The predicted octanol–water partition coefficient (Wildman–Crippen LogP) is 5.62. The Morgan fingerprint density at radius 3 is 2.57 bits per heavy atom. The van der Waals surface area contributed by atoms with Crippen LogP contribution in [-0.2, 0) is 24.0 Å². The molecule has 28 heavy (non-hydrogen) atoms. The van der Waals surface area contributed by atoms with E-state index in [9.17, 15) is 4.79 Å². The minimum Gasteiger partial charge on any atom is -0.444 e. The molecule has 4 nitrogen and oxygen atoms in total. The van der Waals surface area contributed by atoms with Gasteiger partial charge in [0.25, 0.3) is 0 Å². The maximum absolute atomic E-state index is 12.5. The summed E-state index contributed by atoms with van der Waals surface area (Å²) in [4.78, 5) is 16.8. The molecule has 0 unspecified atom stereocenters. The first-order chi connectivity index (χ1) is 13.3. The summed E-state index contributed by atoms with van der Waals surface area (Å²) in [7, 11) is 0. The van der Waals surface area contributed by atoms with Crippen LogP contribution in [0.4, 0.5) is 10.5 Å². The molecule has 3 rings (SSSR count). The number of benzene rings is 1. The van der Waals surface area contributed by atoms with E-state index in [1.54, 1.807) is 0 Å². The summed E-state index contributed by atoms with van der Waals surface area (Å²) in [5.74, 6) is 0. The number of aryl methyl sites for hydroxylation is 1. The Morgan fingerprint density at radius 2 is 1.86 bits per heavy atom. The molecule has 0 saturated heterocycles. The van der Waals surface area contributed by atoms with Crippen LogP contribution in [0, 0.1) is 0 Å². The summed E-state index contributed by atoms with van der Waals surface area (Å²) in [5.41, 5.74) is 4.72. The van der Waals surface area contributed by atoms with E-state index in [0.29, 0.717) is 13.1 Å². The lowest BCUT2D eigenvalue weighted by Crippen LogP contribution is -2.38. The number of halogens is 1. The number of anilines is 1. The summed E-state index contributed by atoms with van der Waals surface area (Å²) in [6, 6.07) is 2.36. The fraction of sp³-hybridized carbons (Fsp3) is 0.696. The number of fused-ring (bicyclic) bond motifs is 2. The van der Waals surface area contributed by atoms with Crippen molar-refractivity contribution in [3.63, 3.8) is 0 Å². The van der Waals surface area contributed by atoms with Gasteiger partial charge in [-0.15, -0.1) is 0 Å². The topological polar surface area (TPSA) is 32.8 Å². The first kappa shape index (κ1) is 21.3. The van der Waals surface area contributed by atoms with Gasteiger partial charge in [-0.05, 0) is 69.6 Å². The van der Waals surface area contributed by atoms with Crippen LogP contribution in [0.2, 0.25) is 5.02 Å². The van der Waals surface area contributed by atoms with Gasteiger partial charge in [0, 0.05) is 26.2 Å². The van der Waals surface area contributed by atoms with Gasteiger partial charge in [-0.1, -0.05) is 37.4 Å². The molecule has 5 heteroatoms. The van der Waals surface area contributed by atoms with Gasteiger partial charge in [-0.2, -0.15) is 0 Å². The third-order valence-corrected chi connectivity index (χ3v) is 6.08. The molecule has 2 aliphatic rings. The Balaban J connectivity index is 1.80. The van der Waals surface area contributed by atoms with E-state index in [4.69, 9.17) is 16.3 Å². The number of amides is 1. The van der Waals surface area contributed by atoms with Crippen LogP contribution >= 0.6 is 11.6 Å². The van der Waals surface area contributed by atoms with E-state index in [0.717, 1.165) is 37.4 Å². The maximum atomic E-state index is 12.5. The highest BCUT2D eigenvalue weighted by Crippen LogP contribution is 2.40. The van der Waals surface area contributed by atoms with Gasteiger partial charge in [-0.3, -0.25) is 0 Å². The molecule has 0 aromatic heterocycles. The van der Waals surface area contributed by atoms with E-state index < -0.39 is 5.60 Å². The largest absolute Gasteiger partial charge is 0.444 e. The van der Waals surface area contributed by atoms with Gasteiger partial charge < -0.3 is 14.5 Å². The second kappa shape index (κ2) is 8.94. The fourth-order valence-corrected chi connectivity index (χ4v) is 4.74. The van der Waals surface area contributed by atoms with Crippen LogP contribution < -0.4 is 4.90 Å². The summed E-state index contributed by atoms with van der Waals surface area (Å²) < 4.78 is 5.58. The fourth-order valence-electron chi connectivity index (χ4n) is 4.29. The number of hydrogen-bond donors (Lipinski definition) is 0. The number of unbranched alkanes of at least 4 members (excludes halogenated alkanes) is 2. The van der Waals surface area contributed by atoms with Crippen molar-refractivity contribution in [1.82, 2.24) is 4.90 Å². The van der Waals surface area contributed by atoms with E-state index in [1.807, 2.05) is 25.7 Å². The predicted molar refractivity (Wildman–Crippen MR) is 117 cm³/mol. The molecular weight excluding hydrogens is 372 g/mol. The number of hydrogen-bond acceptors (Lipinski definition) is 3. The van der Waals surface area contributed by atoms with E-state index >= 15 is 0 Å². The van der Waals surface area contributed by atoms with Crippen LogP contribution in [0.15, 0.2) is 6.07 Å². The molecule has 0 saturated carbocycles. The van der Waals surface area contributed by atoms with Gasteiger partial charge in [0.2, 0.25) is 0 Å². The zero-order valence-corrected chi connectivity index (χ0v) is 18.7. The number of carbonyl (C=O) groups excluding carboxylic acids is 1. The number of carbonyl (C=O) groups is 1. The molecule has 156 valence electrons. The molecule has 0 atom stereocenters. The molecule has 0 N–H and O–H groups in total. The van der Waals surface area contributed by atoms with Crippen LogP contribution in [0.25, 0.3) is 0 Å². The minimum absolute atomic E-state index is 0.220. The normalized spacial score (nSPS) is 17.0. The van der Waals surface area contributed by atoms with Gasteiger partial charge in [0.1, 0.15) is 5.60 Å². The van der Waals surface area contributed by atoms with Crippen molar-refractivity contribution in [3.05, 3.63) is 27.8 Å². The molecule has 0 aliphatic carbocycles. The average Bonchev–Trinajstić information content (AvgIpc) is 2.83. The number of ether oxygens (including phenoxy) is 1. The Morgan fingerprint density at radius 1 is 1.11 bits per heavy atom. The van der Waals surface area contributed by atoms with Crippen molar-refractivity contribution >= 4 is 23.4 Å². The Hall–Kier alpha value is -1.42. The van der Waals surface area contributed by atoms with E-state index in [2.05, 4.69) is 17.9 Å². The van der Waals surface area contributed by atoms with Crippen LogP contribution in [0.3, 0.4) is 0 Å². The number of rotatable bonds is 4. The zero-order chi connectivity index (χ0) is 20.3. The SMILES string of the molecule is CCCCCN1CCCc2cc3c(c(Cl)c21)CCN(C(=O)OC(C)(C)C)CC3.